The first kappa shape index (κ1) is 19.9. The maximum atomic E-state index is 12.8. The lowest BCUT2D eigenvalue weighted by molar-refractivity contribution is -0.120. The summed E-state index contributed by atoms with van der Waals surface area (Å²) >= 11 is 6.93. The summed E-state index contributed by atoms with van der Waals surface area (Å²) in [7, 11) is 0. The molecule has 0 unspecified atom stereocenters. The fourth-order valence-electron chi connectivity index (χ4n) is 3.90. The number of hydrogen-bond donors (Lipinski definition) is 0. The summed E-state index contributed by atoms with van der Waals surface area (Å²) in [5.74, 6) is 0.937. The van der Waals surface area contributed by atoms with Gasteiger partial charge in [-0.05, 0) is 50.8 Å². The second-order valence-corrected chi connectivity index (χ2v) is 9.52. The topological polar surface area (TPSA) is 77.3 Å². The van der Waals surface area contributed by atoms with Crippen LogP contribution in [0.25, 0.3) is 5.69 Å². The number of halogens is 1. The van der Waals surface area contributed by atoms with Crippen LogP contribution in [0.2, 0.25) is 0 Å². The molecular weight excluding hydrogens is 392 g/mol. The van der Waals surface area contributed by atoms with Crippen LogP contribution < -0.4 is 0 Å². The first-order valence-corrected chi connectivity index (χ1v) is 10.2. The lowest BCUT2D eigenvalue weighted by Gasteiger charge is -2.32. The van der Waals surface area contributed by atoms with Crippen molar-refractivity contribution in [2.24, 2.45) is 0 Å². The number of ether oxygens (including phenoxy) is 1. The molecule has 2 heterocycles. The number of rotatable bonds is 1. The first-order chi connectivity index (χ1) is 13.6. The van der Waals surface area contributed by atoms with Crippen LogP contribution in [0.1, 0.15) is 63.4 Å². The highest BCUT2D eigenvalue weighted by Crippen LogP contribution is 2.43. The van der Waals surface area contributed by atoms with E-state index in [0.717, 1.165) is 16.8 Å². The molecule has 7 nitrogen and oxygen atoms in total. The number of nitrogens with zero attached hydrogens (tertiary/aromatic N) is 4. The molecule has 0 N–H and O–H groups in total. The Balaban J connectivity index is 1.71. The molecule has 2 aromatic rings. The summed E-state index contributed by atoms with van der Waals surface area (Å²) in [6.45, 7) is 6.23. The Morgan fingerprint density at radius 3 is 2.62 bits per heavy atom. The van der Waals surface area contributed by atoms with Crippen molar-refractivity contribution < 1.29 is 14.3 Å². The zero-order valence-corrected chi connectivity index (χ0v) is 17.7. The third kappa shape index (κ3) is 4.01. The highest BCUT2D eigenvalue weighted by Gasteiger charge is 2.35. The molecule has 4 rings (SSSR count). The summed E-state index contributed by atoms with van der Waals surface area (Å²) < 4.78 is 7.48. The molecular formula is C21H25ClN4O3. The van der Waals surface area contributed by atoms with Gasteiger partial charge in [-0.1, -0.05) is 12.1 Å². The molecule has 2 aliphatic rings. The summed E-state index contributed by atoms with van der Waals surface area (Å²) in [4.78, 5) is 25.5. The standard InChI is InChI=1S/C21H25ClN4O3/c1-20(2,3)29-19(28)25-11-14-10-15(21(22)8-6-16(27)7-9-21)4-5-17(14)26-13-23-24-18(26)12-25/h4-5,10,13H,6-9,11-12H2,1-3H3. The van der Waals surface area contributed by atoms with Gasteiger partial charge in [0, 0.05) is 12.8 Å². The van der Waals surface area contributed by atoms with Crippen LogP contribution >= 0.6 is 11.6 Å². The van der Waals surface area contributed by atoms with Gasteiger partial charge in [0.1, 0.15) is 17.7 Å². The molecule has 1 aliphatic heterocycles. The van der Waals surface area contributed by atoms with Gasteiger partial charge < -0.3 is 4.74 Å². The fraction of sp³-hybridized carbons (Fsp3) is 0.524. The summed E-state index contributed by atoms with van der Waals surface area (Å²) in [6, 6.07) is 6.05. The molecule has 1 aliphatic carbocycles. The number of benzene rings is 1. The highest BCUT2D eigenvalue weighted by atomic mass is 35.5. The number of carbonyl (C=O) groups excluding carboxylic acids is 2. The van der Waals surface area contributed by atoms with Gasteiger partial charge in [0.25, 0.3) is 0 Å². The van der Waals surface area contributed by atoms with E-state index in [2.05, 4.69) is 10.2 Å². The van der Waals surface area contributed by atoms with Gasteiger partial charge in [0.2, 0.25) is 0 Å². The predicted molar refractivity (Wildman–Crippen MR) is 108 cm³/mol. The van der Waals surface area contributed by atoms with Gasteiger partial charge in [-0.25, -0.2) is 4.79 Å². The normalized spacial score (nSPS) is 18.6. The Bertz CT molecular complexity index is 953. The monoisotopic (exact) mass is 416 g/mol. The Morgan fingerprint density at radius 2 is 1.93 bits per heavy atom. The maximum Gasteiger partial charge on any atom is 0.411 e. The molecule has 1 saturated carbocycles. The van der Waals surface area contributed by atoms with E-state index in [4.69, 9.17) is 16.3 Å². The van der Waals surface area contributed by atoms with E-state index >= 15 is 0 Å². The van der Waals surface area contributed by atoms with Gasteiger partial charge in [-0.15, -0.1) is 21.8 Å². The van der Waals surface area contributed by atoms with Crippen molar-refractivity contribution in [2.75, 3.05) is 0 Å². The Labute approximate surface area is 175 Å². The van der Waals surface area contributed by atoms with E-state index in [-0.39, 0.29) is 5.78 Å². The van der Waals surface area contributed by atoms with Crippen LogP contribution in [0, 0.1) is 0 Å². The van der Waals surface area contributed by atoms with E-state index in [1.165, 1.54) is 0 Å². The minimum absolute atomic E-state index is 0.265. The minimum atomic E-state index is -0.587. The van der Waals surface area contributed by atoms with Crippen LogP contribution in [0.5, 0.6) is 0 Å². The number of aromatic nitrogens is 3. The number of Topliss-reactive ketones (excluding diaryl/α,β-unsaturated/α-hetero) is 1. The number of fused-ring (bicyclic) bond motifs is 3. The third-order valence-corrected chi connectivity index (χ3v) is 6.02. The average Bonchev–Trinajstić information content (AvgIpc) is 3.04. The van der Waals surface area contributed by atoms with Crippen LogP contribution in [-0.2, 0) is 27.5 Å². The average molecular weight is 417 g/mol. The Kier molecular flexibility index (Phi) is 4.89. The van der Waals surface area contributed by atoms with Gasteiger partial charge in [0.15, 0.2) is 5.82 Å². The smallest absolute Gasteiger partial charge is 0.411 e. The van der Waals surface area contributed by atoms with Gasteiger partial charge >= 0.3 is 6.09 Å². The lowest BCUT2D eigenvalue weighted by Crippen LogP contribution is -2.36. The van der Waals surface area contributed by atoms with Gasteiger partial charge in [0.05, 0.1) is 23.7 Å². The SMILES string of the molecule is CC(C)(C)OC(=O)N1Cc2cc(C3(Cl)CCC(=O)CC3)ccc2-n2cnnc2C1. The zero-order valence-electron chi connectivity index (χ0n) is 16.9. The first-order valence-electron chi connectivity index (χ1n) is 9.86. The number of hydrogen-bond acceptors (Lipinski definition) is 5. The van der Waals surface area contributed by atoms with Crippen LogP contribution in [0.3, 0.4) is 0 Å². The van der Waals surface area contributed by atoms with Crippen LogP contribution in [0.15, 0.2) is 24.5 Å². The molecule has 1 aromatic heterocycles. The number of ketones is 1. The molecule has 29 heavy (non-hydrogen) atoms. The van der Waals surface area contributed by atoms with Crippen molar-refractivity contribution in [3.63, 3.8) is 0 Å². The largest absolute Gasteiger partial charge is 0.444 e. The Hall–Kier alpha value is -2.41. The molecule has 1 fully saturated rings. The van der Waals surface area contributed by atoms with Crippen molar-refractivity contribution in [3.05, 3.63) is 41.5 Å². The molecule has 0 saturated heterocycles. The number of amides is 1. The second-order valence-electron chi connectivity index (χ2n) is 8.80. The number of carbonyl (C=O) groups is 2. The summed E-state index contributed by atoms with van der Waals surface area (Å²) in [5, 5.41) is 8.20. The molecule has 8 heteroatoms. The lowest BCUT2D eigenvalue weighted by atomic mass is 9.82. The van der Waals surface area contributed by atoms with Crippen molar-refractivity contribution in [1.82, 2.24) is 19.7 Å². The predicted octanol–water partition coefficient (Wildman–Crippen LogP) is 4.10. The van der Waals surface area contributed by atoms with E-state index < -0.39 is 16.6 Å². The Morgan fingerprint density at radius 1 is 1.21 bits per heavy atom. The van der Waals surface area contributed by atoms with Gasteiger partial charge in [-0.3, -0.25) is 14.3 Å². The zero-order chi connectivity index (χ0) is 20.8. The quantitative estimate of drug-likeness (QED) is 0.654. The maximum absolute atomic E-state index is 12.8. The summed E-state index contributed by atoms with van der Waals surface area (Å²) in [5.41, 5.74) is 2.26. The van der Waals surface area contributed by atoms with Crippen LogP contribution in [-0.4, -0.2) is 37.1 Å². The molecule has 0 radical (unpaired) electrons. The van der Waals surface area contributed by atoms with Gasteiger partial charge in [-0.2, -0.15) is 0 Å². The molecule has 1 aromatic carbocycles. The van der Waals surface area contributed by atoms with Crippen molar-refractivity contribution in [1.29, 1.82) is 0 Å². The molecule has 0 bridgehead atoms. The van der Waals surface area contributed by atoms with E-state index in [1.54, 1.807) is 11.2 Å². The highest BCUT2D eigenvalue weighted by molar-refractivity contribution is 6.24. The fourth-order valence-corrected chi connectivity index (χ4v) is 4.20. The molecule has 0 spiro atoms. The van der Waals surface area contributed by atoms with Crippen LogP contribution in [0.4, 0.5) is 4.79 Å². The molecule has 1 amide bonds. The van der Waals surface area contributed by atoms with Crippen molar-refractivity contribution >= 4 is 23.5 Å². The van der Waals surface area contributed by atoms with E-state index in [1.807, 2.05) is 43.5 Å². The number of alkyl halides is 1. The second kappa shape index (κ2) is 7.13. The van der Waals surface area contributed by atoms with E-state index in [0.29, 0.717) is 44.6 Å². The van der Waals surface area contributed by atoms with Crippen molar-refractivity contribution in [2.45, 2.75) is 70.0 Å². The van der Waals surface area contributed by atoms with Crippen molar-refractivity contribution in [3.8, 4) is 5.69 Å². The third-order valence-electron chi connectivity index (χ3n) is 5.42. The molecule has 0 atom stereocenters. The summed E-state index contributed by atoms with van der Waals surface area (Å²) in [6.07, 6.45) is 3.51. The minimum Gasteiger partial charge on any atom is -0.444 e. The molecule has 154 valence electrons. The van der Waals surface area contributed by atoms with E-state index in [9.17, 15) is 9.59 Å².